The number of anilines is 3. The van der Waals surface area contributed by atoms with Gasteiger partial charge in [0.15, 0.2) is 30.3 Å². The smallest absolute Gasteiger partial charge is 0.368 e. The molecule has 11 nitrogen and oxygen atoms in total. The third-order valence-corrected chi connectivity index (χ3v) is 9.09. The van der Waals surface area contributed by atoms with Crippen LogP contribution in [0.15, 0.2) is 42.7 Å². The van der Waals surface area contributed by atoms with E-state index in [-0.39, 0.29) is 12.1 Å². The number of imidazole rings is 1. The number of hydrogen-bond acceptors (Lipinski definition) is 10. The molecular weight excluding hydrogens is 497 g/mol. The summed E-state index contributed by atoms with van der Waals surface area (Å²) in [5, 5.41) is 3.24. The molecule has 2 atom stereocenters. The molecule has 0 bridgehead atoms. The Morgan fingerprint density at radius 1 is 1.12 bits per heavy atom. The molecule has 0 radical (unpaired) electrons. The molecule has 0 saturated heterocycles. The first kappa shape index (κ1) is 26.1. The molecule has 2 unspecified atom stereocenters. The highest BCUT2D eigenvalue weighted by atomic mass is 31.3. The number of hydrogen-bond donors (Lipinski definition) is 2. The highest BCUT2D eigenvalue weighted by molar-refractivity contribution is 7.66. The second-order valence-electron chi connectivity index (χ2n) is 7.71. The predicted molar refractivity (Wildman–Crippen MR) is 134 cm³/mol. The number of nitrogens with one attached hydrogen (secondary N) is 1. The van der Waals surface area contributed by atoms with E-state index in [4.69, 9.17) is 14.4 Å². The molecule has 0 spiro atoms. The summed E-state index contributed by atoms with van der Waals surface area (Å²) in [7, 11) is -8.16. The van der Waals surface area contributed by atoms with Gasteiger partial charge in [-0.3, -0.25) is 4.57 Å². The van der Waals surface area contributed by atoms with E-state index in [0.717, 1.165) is 5.69 Å². The van der Waals surface area contributed by atoms with E-state index in [9.17, 15) is 13.7 Å². The van der Waals surface area contributed by atoms with Crippen LogP contribution in [0.4, 0.5) is 17.5 Å². The average Bonchev–Trinajstić information content (AvgIpc) is 3.13. The van der Waals surface area contributed by atoms with E-state index in [1.165, 1.54) is 18.9 Å². The van der Waals surface area contributed by atoms with Crippen molar-refractivity contribution in [1.82, 2.24) is 19.5 Å². The van der Waals surface area contributed by atoms with Gasteiger partial charge in [0.25, 0.3) is 0 Å². The van der Waals surface area contributed by atoms with E-state index >= 15 is 0 Å². The van der Waals surface area contributed by atoms with Crippen molar-refractivity contribution >= 4 is 52.3 Å². The van der Waals surface area contributed by atoms with Gasteiger partial charge >= 0.3 is 23.7 Å². The van der Waals surface area contributed by atoms with Gasteiger partial charge in [0.2, 0.25) is 5.95 Å². The monoisotopic (exact) mass is 524 g/mol. The summed E-state index contributed by atoms with van der Waals surface area (Å²) in [5.41, 5.74) is 9.06. The first-order chi connectivity index (χ1) is 16.1. The van der Waals surface area contributed by atoms with Crippen molar-refractivity contribution in [2.24, 2.45) is 0 Å². The lowest BCUT2D eigenvalue weighted by Gasteiger charge is -2.10. The Morgan fingerprint density at radius 3 is 2.35 bits per heavy atom. The highest BCUT2D eigenvalue weighted by Crippen LogP contribution is 2.59. The number of benzene rings is 1. The van der Waals surface area contributed by atoms with E-state index in [1.54, 1.807) is 23.0 Å². The van der Waals surface area contributed by atoms with Crippen molar-refractivity contribution in [3.05, 3.63) is 48.3 Å². The molecule has 34 heavy (non-hydrogen) atoms. The molecule has 2 heterocycles. The Morgan fingerprint density at radius 2 is 1.76 bits per heavy atom. The van der Waals surface area contributed by atoms with Gasteiger partial charge in [-0.05, 0) is 32.7 Å². The lowest BCUT2D eigenvalue weighted by molar-refractivity contribution is 0.397. The number of nitrogen functional groups attached to an aromatic ring is 1. The zero-order valence-corrected chi connectivity index (χ0v) is 22.0. The van der Waals surface area contributed by atoms with Crippen LogP contribution in [0.25, 0.3) is 11.2 Å². The first-order valence-corrected chi connectivity index (χ1v) is 15.3. The summed E-state index contributed by atoms with van der Waals surface area (Å²) in [5.74, 6) is 0.997. The predicted octanol–water partition coefficient (Wildman–Crippen LogP) is 5.80. The van der Waals surface area contributed by atoms with Crippen molar-refractivity contribution in [3.8, 4) is 0 Å². The third kappa shape index (κ3) is 6.98. The molecule has 180 valence electrons. The van der Waals surface area contributed by atoms with E-state index in [2.05, 4.69) is 34.1 Å². The van der Waals surface area contributed by atoms with Crippen LogP contribution >= 0.6 is 23.7 Å². The molecular formula is C20H27N6O5P3+2. The second-order valence-corrected chi connectivity index (χ2v) is 12.4. The zero-order valence-electron chi connectivity index (χ0n) is 19.3. The molecule has 0 amide bonds. The van der Waals surface area contributed by atoms with Crippen molar-refractivity contribution in [2.45, 2.75) is 26.3 Å². The molecule has 0 aliphatic carbocycles. The van der Waals surface area contributed by atoms with Crippen LogP contribution in [-0.2, 0) is 28.9 Å². The van der Waals surface area contributed by atoms with Crippen LogP contribution in [0, 0.1) is 0 Å². The zero-order chi connectivity index (χ0) is 24.9. The first-order valence-electron chi connectivity index (χ1n) is 10.4. The van der Waals surface area contributed by atoms with Crippen molar-refractivity contribution in [1.29, 1.82) is 0 Å². The lowest BCUT2D eigenvalue weighted by atomic mass is 10.0. The van der Waals surface area contributed by atoms with Gasteiger partial charge in [-0.15, -0.1) is 0 Å². The van der Waals surface area contributed by atoms with Crippen LogP contribution < -0.4 is 11.1 Å². The maximum Gasteiger partial charge on any atom is 0.513 e. The lowest BCUT2D eigenvalue weighted by Crippen LogP contribution is -2.03. The molecule has 3 aromatic rings. The molecule has 2 aromatic heterocycles. The van der Waals surface area contributed by atoms with Gasteiger partial charge < -0.3 is 15.6 Å². The van der Waals surface area contributed by atoms with Crippen LogP contribution in [0.1, 0.15) is 25.3 Å². The minimum Gasteiger partial charge on any atom is -0.368 e. The van der Waals surface area contributed by atoms with Crippen LogP contribution in [0.2, 0.25) is 0 Å². The molecule has 0 fully saturated rings. The van der Waals surface area contributed by atoms with Gasteiger partial charge in [-0.1, -0.05) is 46.8 Å². The summed E-state index contributed by atoms with van der Waals surface area (Å²) in [6.07, 6.45) is 4.65. The van der Waals surface area contributed by atoms with E-state index in [1.807, 2.05) is 24.3 Å². The maximum atomic E-state index is 12.6. The Labute approximate surface area is 199 Å². The molecule has 14 heteroatoms. The minimum absolute atomic E-state index is 0.0873. The van der Waals surface area contributed by atoms with Gasteiger partial charge in [0.05, 0.1) is 12.5 Å². The topological polar surface area (TPSA) is 151 Å². The Hall–Kier alpha value is -2.54. The van der Waals surface area contributed by atoms with Crippen LogP contribution in [0.5, 0.6) is 0 Å². The molecule has 0 aliphatic rings. The molecule has 3 rings (SSSR count). The van der Waals surface area contributed by atoms with Crippen molar-refractivity contribution < 1.29 is 22.3 Å². The second kappa shape index (κ2) is 11.3. The maximum absolute atomic E-state index is 12.6. The number of rotatable bonds is 11. The largest absolute Gasteiger partial charge is 0.513 e. The number of nitrogens with zero attached hydrogens (tertiary/aromatic N) is 4. The summed E-state index contributed by atoms with van der Waals surface area (Å²) in [6.45, 7) is 7.10. The Bertz CT molecular complexity index is 1260. The van der Waals surface area contributed by atoms with Crippen molar-refractivity contribution in [2.75, 3.05) is 30.5 Å². The standard InChI is InChI=1S/C20H27N6O5P3/c1-14(2)15-7-9-16(10-8-15)23-18-17-19(25-20(21)24-18)26(13-22-17)11-5-6-12-34(29,30-32(3)27)31-33(4)28/h5-10,13-14H,11-12H2,1-4H3,(H3,21,23,24,25)/q+2/b6-5+. The van der Waals surface area contributed by atoms with Gasteiger partial charge in [-0.25, -0.2) is 4.98 Å². The molecule has 0 aliphatic heterocycles. The van der Waals surface area contributed by atoms with Gasteiger partial charge in [0.1, 0.15) is 0 Å². The number of nitrogens with two attached hydrogens (primary N) is 1. The number of aromatic nitrogens is 4. The Kier molecular flexibility index (Phi) is 8.63. The fraction of sp³-hybridized carbons (Fsp3) is 0.350. The quantitative estimate of drug-likeness (QED) is 0.232. The van der Waals surface area contributed by atoms with E-state index in [0.29, 0.717) is 29.4 Å². The molecule has 3 N–H and O–H groups in total. The van der Waals surface area contributed by atoms with Crippen LogP contribution in [0.3, 0.4) is 0 Å². The number of allylic oxidation sites excluding steroid dienone is 2. The summed E-state index contributed by atoms with van der Waals surface area (Å²) >= 11 is 0. The fourth-order valence-electron chi connectivity index (χ4n) is 3.09. The summed E-state index contributed by atoms with van der Waals surface area (Å²) in [4.78, 5) is 13.0. The van der Waals surface area contributed by atoms with E-state index < -0.39 is 23.7 Å². The summed E-state index contributed by atoms with van der Waals surface area (Å²) < 4.78 is 46.9. The molecule has 0 saturated carbocycles. The SMILES string of the molecule is CC(C)c1ccc(Nc2nc(N)nc3c2ncn3C/C=C/CP(=O)(O[P+](C)=O)O[P+](C)=O)cc1. The van der Waals surface area contributed by atoms with Crippen LogP contribution in [-0.4, -0.2) is 39.0 Å². The fourth-order valence-corrected chi connectivity index (χ4v) is 7.22. The Balaban J connectivity index is 1.77. The molecule has 1 aromatic carbocycles. The third-order valence-electron chi connectivity index (χ3n) is 4.60. The minimum atomic E-state index is -3.79. The summed E-state index contributed by atoms with van der Waals surface area (Å²) in [6, 6.07) is 8.03. The highest BCUT2D eigenvalue weighted by Gasteiger charge is 2.40. The average molecular weight is 524 g/mol. The normalized spacial score (nSPS) is 14.5. The van der Waals surface area contributed by atoms with Gasteiger partial charge in [0, 0.05) is 12.2 Å². The number of fused-ring (bicyclic) bond motifs is 1. The van der Waals surface area contributed by atoms with Gasteiger partial charge in [-0.2, -0.15) is 9.97 Å². The van der Waals surface area contributed by atoms with Crippen molar-refractivity contribution in [3.63, 3.8) is 0 Å².